The number of halogens is 1. The molecule has 0 aliphatic heterocycles. The number of hydrogen-bond donors (Lipinski definition) is 1. The van der Waals surface area contributed by atoms with Crippen LogP contribution < -0.4 is 5.32 Å². The average Bonchev–Trinajstić information content (AvgIpc) is 3.15. The number of nitrogens with one attached hydrogen (secondary N) is 1. The van der Waals surface area contributed by atoms with Crippen LogP contribution in [0.5, 0.6) is 0 Å². The Balaban J connectivity index is 1.56. The summed E-state index contributed by atoms with van der Waals surface area (Å²) in [6, 6.07) is 6.50. The Morgan fingerprint density at radius 3 is 2.71 bits per heavy atom. The number of carbonyl (C=O) groups excluding carboxylic acids is 1. The topological polar surface area (TPSA) is 29.1 Å². The summed E-state index contributed by atoms with van der Waals surface area (Å²) in [5.74, 6) is 1.24. The lowest BCUT2D eigenvalue weighted by Crippen LogP contribution is -2.26. The van der Waals surface area contributed by atoms with E-state index in [0.717, 1.165) is 36.5 Å². The lowest BCUT2D eigenvalue weighted by Gasteiger charge is -2.04. The molecule has 1 fully saturated rings. The zero-order valence-corrected chi connectivity index (χ0v) is 10.4. The van der Waals surface area contributed by atoms with Crippen molar-refractivity contribution in [2.24, 2.45) is 5.92 Å². The average molecular weight is 253 g/mol. The van der Waals surface area contributed by atoms with E-state index in [9.17, 15) is 9.18 Å². The molecule has 4 heteroatoms. The molecular formula is C13H16FNOS. The monoisotopic (exact) mass is 253 g/mol. The number of carbonyl (C=O) groups is 1. The number of rotatable bonds is 6. The molecule has 92 valence electrons. The smallest absolute Gasteiger partial charge is 0.223 e. The molecule has 2 rings (SSSR count). The van der Waals surface area contributed by atoms with Crippen molar-refractivity contribution in [3.8, 4) is 0 Å². The van der Waals surface area contributed by atoms with Crippen LogP contribution in [0.3, 0.4) is 0 Å². The number of thioether (sulfide) groups is 1. The van der Waals surface area contributed by atoms with Gasteiger partial charge in [0, 0.05) is 17.4 Å². The minimum atomic E-state index is -0.203. The van der Waals surface area contributed by atoms with Crippen LogP contribution in [-0.4, -0.2) is 18.2 Å². The molecule has 0 spiro atoms. The van der Waals surface area contributed by atoms with Gasteiger partial charge in [-0.3, -0.25) is 4.79 Å². The molecule has 1 aliphatic rings. The van der Waals surface area contributed by atoms with Crippen LogP contribution in [0.1, 0.15) is 19.3 Å². The molecule has 1 aliphatic carbocycles. The van der Waals surface area contributed by atoms with Crippen molar-refractivity contribution in [3.63, 3.8) is 0 Å². The van der Waals surface area contributed by atoms with Crippen molar-refractivity contribution in [2.45, 2.75) is 24.2 Å². The minimum Gasteiger partial charge on any atom is -0.356 e. The molecule has 0 aromatic heterocycles. The van der Waals surface area contributed by atoms with Gasteiger partial charge in [0.05, 0.1) is 0 Å². The second-order valence-corrected chi connectivity index (χ2v) is 5.39. The summed E-state index contributed by atoms with van der Waals surface area (Å²) in [5, 5.41) is 2.93. The first-order valence-electron chi connectivity index (χ1n) is 5.92. The van der Waals surface area contributed by atoms with Crippen LogP contribution in [0, 0.1) is 11.7 Å². The highest BCUT2D eigenvalue weighted by atomic mass is 32.2. The second kappa shape index (κ2) is 6.05. The van der Waals surface area contributed by atoms with Gasteiger partial charge in [0.25, 0.3) is 0 Å². The van der Waals surface area contributed by atoms with Gasteiger partial charge in [0.15, 0.2) is 0 Å². The molecule has 1 saturated carbocycles. The van der Waals surface area contributed by atoms with Crippen molar-refractivity contribution < 1.29 is 9.18 Å². The summed E-state index contributed by atoms with van der Waals surface area (Å²) in [6.45, 7) is 0.740. The van der Waals surface area contributed by atoms with E-state index in [1.165, 1.54) is 12.1 Å². The highest BCUT2D eigenvalue weighted by molar-refractivity contribution is 7.99. The van der Waals surface area contributed by atoms with Crippen LogP contribution in [0.2, 0.25) is 0 Å². The quantitative estimate of drug-likeness (QED) is 0.624. The molecule has 1 amide bonds. The van der Waals surface area contributed by atoms with Crippen molar-refractivity contribution in [1.29, 1.82) is 0 Å². The summed E-state index contributed by atoms with van der Waals surface area (Å²) >= 11 is 1.69. The molecule has 0 heterocycles. The molecule has 0 atom stereocenters. The van der Waals surface area contributed by atoms with Crippen LogP contribution in [0.25, 0.3) is 0 Å². The Morgan fingerprint density at radius 1 is 1.35 bits per heavy atom. The molecule has 0 unspecified atom stereocenters. The molecule has 1 N–H and O–H groups in total. The minimum absolute atomic E-state index is 0.203. The van der Waals surface area contributed by atoms with Crippen molar-refractivity contribution >= 4 is 17.7 Å². The number of benzene rings is 1. The van der Waals surface area contributed by atoms with E-state index >= 15 is 0 Å². The zero-order chi connectivity index (χ0) is 12.1. The van der Waals surface area contributed by atoms with Crippen LogP contribution in [0.4, 0.5) is 4.39 Å². The molecule has 1 aromatic rings. The lowest BCUT2D eigenvalue weighted by atomic mass is 10.3. The summed E-state index contributed by atoms with van der Waals surface area (Å²) in [6.07, 6.45) is 3.05. The summed E-state index contributed by atoms with van der Waals surface area (Å²) < 4.78 is 12.6. The summed E-state index contributed by atoms with van der Waals surface area (Å²) in [5.41, 5.74) is 0. The predicted molar refractivity (Wildman–Crippen MR) is 67.5 cm³/mol. The largest absolute Gasteiger partial charge is 0.356 e. The fourth-order valence-electron chi connectivity index (χ4n) is 1.49. The maximum absolute atomic E-state index is 12.6. The van der Waals surface area contributed by atoms with Gasteiger partial charge in [-0.05, 0) is 49.3 Å². The van der Waals surface area contributed by atoms with Crippen molar-refractivity contribution in [2.75, 3.05) is 12.3 Å². The van der Waals surface area contributed by atoms with E-state index < -0.39 is 0 Å². The van der Waals surface area contributed by atoms with Gasteiger partial charge < -0.3 is 5.32 Å². The van der Waals surface area contributed by atoms with E-state index in [1.807, 2.05) is 0 Å². The normalized spacial score (nSPS) is 14.6. The van der Waals surface area contributed by atoms with E-state index in [0.29, 0.717) is 5.92 Å². The van der Waals surface area contributed by atoms with Crippen molar-refractivity contribution in [1.82, 2.24) is 5.32 Å². The fraction of sp³-hybridized carbons (Fsp3) is 0.462. The van der Waals surface area contributed by atoms with E-state index in [1.54, 1.807) is 23.9 Å². The van der Waals surface area contributed by atoms with Crippen LogP contribution >= 0.6 is 11.8 Å². The van der Waals surface area contributed by atoms with E-state index in [2.05, 4.69) is 5.32 Å². The first-order chi connectivity index (χ1) is 8.25. The number of amides is 1. The second-order valence-electron chi connectivity index (χ2n) is 4.22. The van der Waals surface area contributed by atoms with Crippen LogP contribution in [-0.2, 0) is 4.79 Å². The first kappa shape index (κ1) is 12.4. The summed E-state index contributed by atoms with van der Waals surface area (Å²) in [4.78, 5) is 12.4. The molecule has 0 saturated heterocycles. The Labute approximate surface area is 105 Å². The molecule has 2 nitrogen and oxygen atoms in total. The summed E-state index contributed by atoms with van der Waals surface area (Å²) in [7, 11) is 0. The van der Waals surface area contributed by atoms with E-state index in [4.69, 9.17) is 0 Å². The maximum atomic E-state index is 12.6. The highest BCUT2D eigenvalue weighted by Crippen LogP contribution is 2.28. The maximum Gasteiger partial charge on any atom is 0.223 e. The van der Waals surface area contributed by atoms with Crippen LogP contribution in [0.15, 0.2) is 29.2 Å². The third kappa shape index (κ3) is 4.38. The Hall–Kier alpha value is -1.03. The molecule has 0 bridgehead atoms. The first-order valence-corrected chi connectivity index (χ1v) is 6.90. The van der Waals surface area contributed by atoms with Gasteiger partial charge in [-0.1, -0.05) is 0 Å². The van der Waals surface area contributed by atoms with Gasteiger partial charge >= 0.3 is 0 Å². The predicted octanol–water partition coefficient (Wildman–Crippen LogP) is 2.83. The third-order valence-corrected chi connectivity index (χ3v) is 3.75. The van der Waals surface area contributed by atoms with Gasteiger partial charge in [-0.2, -0.15) is 0 Å². The standard InChI is InChI=1S/C13H16FNOS/c14-11-4-6-12(7-5-11)17-9-1-8-15-13(16)10-2-3-10/h4-7,10H,1-3,8-9H2,(H,15,16). The highest BCUT2D eigenvalue weighted by Gasteiger charge is 2.28. The zero-order valence-electron chi connectivity index (χ0n) is 9.62. The third-order valence-electron chi connectivity index (χ3n) is 2.65. The van der Waals surface area contributed by atoms with E-state index in [-0.39, 0.29) is 11.7 Å². The van der Waals surface area contributed by atoms with Gasteiger partial charge in [0.2, 0.25) is 5.91 Å². The van der Waals surface area contributed by atoms with Crippen molar-refractivity contribution in [3.05, 3.63) is 30.1 Å². The van der Waals surface area contributed by atoms with Gasteiger partial charge in [-0.25, -0.2) is 4.39 Å². The Kier molecular flexibility index (Phi) is 4.42. The molecule has 17 heavy (non-hydrogen) atoms. The number of hydrogen-bond acceptors (Lipinski definition) is 2. The Bertz CT molecular complexity index is 376. The Morgan fingerprint density at radius 2 is 2.06 bits per heavy atom. The van der Waals surface area contributed by atoms with Gasteiger partial charge in [0.1, 0.15) is 5.82 Å². The molecule has 1 aromatic carbocycles. The van der Waals surface area contributed by atoms with Gasteiger partial charge in [-0.15, -0.1) is 11.8 Å². The fourth-order valence-corrected chi connectivity index (χ4v) is 2.35. The SMILES string of the molecule is O=C(NCCCSc1ccc(F)cc1)C1CC1. The molecule has 0 radical (unpaired) electrons. The molecular weight excluding hydrogens is 237 g/mol. The lowest BCUT2D eigenvalue weighted by molar-refractivity contribution is -0.122.